The maximum atomic E-state index is 12.7. The first kappa shape index (κ1) is 15.3. The number of hydrogen-bond acceptors (Lipinski definition) is 6. The molecule has 8 heteroatoms. The Morgan fingerprint density at radius 3 is 3.04 bits per heavy atom. The second-order valence-corrected chi connectivity index (χ2v) is 5.35. The van der Waals surface area contributed by atoms with Crippen molar-refractivity contribution < 1.29 is 9.53 Å². The number of hydrogen-bond donors (Lipinski definition) is 1. The fourth-order valence-electron chi connectivity index (χ4n) is 2.61. The van der Waals surface area contributed by atoms with E-state index in [1.807, 2.05) is 26.2 Å². The smallest absolute Gasteiger partial charge is 0.250 e. The van der Waals surface area contributed by atoms with Crippen molar-refractivity contribution in [3.8, 4) is 5.88 Å². The Labute approximate surface area is 134 Å². The highest BCUT2D eigenvalue weighted by Gasteiger charge is 2.31. The molecule has 0 bridgehead atoms. The summed E-state index contributed by atoms with van der Waals surface area (Å²) in [6, 6.07) is 3.23. The highest BCUT2D eigenvalue weighted by molar-refractivity contribution is 5.98. The molecule has 0 unspecified atom stereocenters. The van der Waals surface area contributed by atoms with E-state index in [0.717, 1.165) is 12.8 Å². The van der Waals surface area contributed by atoms with E-state index in [2.05, 4.69) is 20.4 Å². The lowest BCUT2D eigenvalue weighted by Gasteiger charge is -2.31. The van der Waals surface area contributed by atoms with Crippen LogP contribution in [0.1, 0.15) is 19.8 Å². The van der Waals surface area contributed by atoms with Crippen molar-refractivity contribution in [1.29, 1.82) is 0 Å². The summed E-state index contributed by atoms with van der Waals surface area (Å²) in [5, 5.41) is 7.49. The molecule has 3 rings (SSSR count). The van der Waals surface area contributed by atoms with Crippen LogP contribution in [0.3, 0.4) is 0 Å². The molecular formula is C15H20N6O2. The summed E-state index contributed by atoms with van der Waals surface area (Å²) in [7, 11) is 1.84. The van der Waals surface area contributed by atoms with E-state index in [-0.39, 0.29) is 11.9 Å². The Bertz CT molecular complexity index is 686. The summed E-state index contributed by atoms with van der Waals surface area (Å²) in [5.74, 6) is 1.77. The van der Waals surface area contributed by atoms with Crippen LogP contribution in [-0.2, 0) is 11.8 Å². The van der Waals surface area contributed by atoms with Gasteiger partial charge in [0.15, 0.2) is 5.82 Å². The van der Waals surface area contributed by atoms with Crippen LogP contribution in [0.2, 0.25) is 0 Å². The molecule has 1 fully saturated rings. The van der Waals surface area contributed by atoms with E-state index in [1.54, 1.807) is 15.6 Å². The fraction of sp³-hybridized carbons (Fsp3) is 0.467. The van der Waals surface area contributed by atoms with E-state index in [9.17, 15) is 4.79 Å². The van der Waals surface area contributed by atoms with Gasteiger partial charge in [-0.2, -0.15) is 5.10 Å². The first-order chi connectivity index (χ1) is 11.2. The molecule has 1 aliphatic heterocycles. The maximum absolute atomic E-state index is 12.7. The zero-order valence-electron chi connectivity index (χ0n) is 13.3. The van der Waals surface area contributed by atoms with Gasteiger partial charge in [-0.1, -0.05) is 0 Å². The maximum Gasteiger partial charge on any atom is 0.250 e. The van der Waals surface area contributed by atoms with Gasteiger partial charge in [0.1, 0.15) is 18.2 Å². The molecule has 2 aromatic rings. The Balaban J connectivity index is 1.72. The SMILES string of the molecule is CCOc1cc(N[C@@H]2CCCN(c3ccn(C)n3)C2=O)ncn1. The minimum absolute atomic E-state index is 0.00604. The Morgan fingerprint density at radius 1 is 1.43 bits per heavy atom. The number of carbonyl (C=O) groups excluding carboxylic acids is 1. The molecule has 0 radical (unpaired) electrons. The molecule has 122 valence electrons. The van der Waals surface area contributed by atoms with Gasteiger partial charge in [-0.05, 0) is 19.8 Å². The first-order valence-electron chi connectivity index (χ1n) is 7.70. The third-order valence-electron chi connectivity index (χ3n) is 3.67. The predicted octanol–water partition coefficient (Wildman–Crippen LogP) is 1.22. The van der Waals surface area contributed by atoms with Gasteiger partial charge >= 0.3 is 0 Å². The van der Waals surface area contributed by atoms with E-state index in [4.69, 9.17) is 4.74 Å². The lowest BCUT2D eigenvalue weighted by molar-refractivity contribution is -0.120. The number of piperidine rings is 1. The highest BCUT2D eigenvalue weighted by atomic mass is 16.5. The van der Waals surface area contributed by atoms with Gasteiger partial charge in [-0.25, -0.2) is 9.97 Å². The van der Waals surface area contributed by atoms with Crippen molar-refractivity contribution in [3.63, 3.8) is 0 Å². The molecule has 0 spiro atoms. The summed E-state index contributed by atoms with van der Waals surface area (Å²) in [6.45, 7) is 3.11. The van der Waals surface area contributed by atoms with Crippen molar-refractivity contribution in [2.24, 2.45) is 7.05 Å². The monoisotopic (exact) mass is 316 g/mol. The third-order valence-corrected chi connectivity index (χ3v) is 3.67. The number of anilines is 2. The van der Waals surface area contributed by atoms with Crippen LogP contribution < -0.4 is 15.0 Å². The molecule has 3 heterocycles. The van der Waals surface area contributed by atoms with E-state index >= 15 is 0 Å². The molecule has 8 nitrogen and oxygen atoms in total. The number of aromatic nitrogens is 4. The van der Waals surface area contributed by atoms with Gasteiger partial charge in [-0.15, -0.1) is 0 Å². The van der Waals surface area contributed by atoms with Crippen LogP contribution in [0, 0.1) is 0 Å². The average molecular weight is 316 g/mol. The lowest BCUT2D eigenvalue weighted by Crippen LogP contribution is -2.48. The van der Waals surface area contributed by atoms with E-state index in [1.165, 1.54) is 6.33 Å². The first-order valence-corrected chi connectivity index (χ1v) is 7.70. The third kappa shape index (κ3) is 3.41. The van der Waals surface area contributed by atoms with E-state index < -0.39 is 0 Å². The molecule has 1 atom stereocenters. The zero-order valence-corrected chi connectivity index (χ0v) is 13.3. The Morgan fingerprint density at radius 2 is 2.30 bits per heavy atom. The molecular weight excluding hydrogens is 296 g/mol. The van der Waals surface area contributed by atoms with Crippen LogP contribution >= 0.6 is 0 Å². The summed E-state index contributed by atoms with van der Waals surface area (Å²) in [6.07, 6.45) is 4.93. The number of ether oxygens (including phenoxy) is 1. The van der Waals surface area contributed by atoms with Crippen molar-refractivity contribution in [1.82, 2.24) is 19.7 Å². The second kappa shape index (κ2) is 6.64. The molecule has 1 N–H and O–H groups in total. The van der Waals surface area contributed by atoms with Gasteiger partial charge in [0.25, 0.3) is 5.91 Å². The van der Waals surface area contributed by atoms with Crippen LogP contribution in [0.15, 0.2) is 24.7 Å². The predicted molar refractivity (Wildman–Crippen MR) is 85.4 cm³/mol. The van der Waals surface area contributed by atoms with Gasteiger partial charge in [0, 0.05) is 31.9 Å². The zero-order chi connectivity index (χ0) is 16.2. The number of nitrogens with zero attached hydrogens (tertiary/aromatic N) is 5. The summed E-state index contributed by atoms with van der Waals surface area (Å²) in [4.78, 5) is 22.6. The summed E-state index contributed by atoms with van der Waals surface area (Å²) < 4.78 is 7.05. The average Bonchev–Trinajstić information content (AvgIpc) is 2.96. The Hall–Kier alpha value is -2.64. The van der Waals surface area contributed by atoms with Crippen LogP contribution in [0.25, 0.3) is 0 Å². The second-order valence-electron chi connectivity index (χ2n) is 5.35. The molecule has 0 aromatic carbocycles. The minimum Gasteiger partial charge on any atom is -0.478 e. The fourth-order valence-corrected chi connectivity index (χ4v) is 2.61. The molecule has 0 aliphatic carbocycles. The Kier molecular flexibility index (Phi) is 4.40. The largest absolute Gasteiger partial charge is 0.478 e. The highest BCUT2D eigenvalue weighted by Crippen LogP contribution is 2.22. The van der Waals surface area contributed by atoms with Gasteiger partial charge < -0.3 is 10.1 Å². The number of aryl methyl sites for hydroxylation is 1. The van der Waals surface area contributed by atoms with Crippen molar-refractivity contribution in [2.75, 3.05) is 23.4 Å². The number of rotatable bonds is 5. The molecule has 1 amide bonds. The lowest BCUT2D eigenvalue weighted by atomic mass is 10.0. The molecule has 0 saturated carbocycles. The number of carbonyl (C=O) groups is 1. The summed E-state index contributed by atoms with van der Waals surface area (Å²) >= 11 is 0. The standard InChI is InChI=1S/C15H20N6O2/c1-3-23-14-9-12(16-10-17-14)18-11-5-4-7-21(15(11)22)13-6-8-20(2)19-13/h6,8-11H,3-5,7H2,1-2H3,(H,16,17,18)/t11-/m1/s1. The van der Waals surface area contributed by atoms with Crippen LogP contribution in [0.4, 0.5) is 11.6 Å². The van der Waals surface area contributed by atoms with Crippen LogP contribution in [-0.4, -0.2) is 44.8 Å². The van der Waals surface area contributed by atoms with Crippen molar-refractivity contribution in [2.45, 2.75) is 25.8 Å². The number of amides is 1. The normalized spacial score (nSPS) is 18.1. The molecule has 2 aromatic heterocycles. The van der Waals surface area contributed by atoms with Gasteiger partial charge in [-0.3, -0.25) is 14.4 Å². The molecule has 1 aliphatic rings. The van der Waals surface area contributed by atoms with Crippen LogP contribution in [0.5, 0.6) is 5.88 Å². The molecule has 23 heavy (non-hydrogen) atoms. The molecule has 1 saturated heterocycles. The number of nitrogens with one attached hydrogen (secondary N) is 1. The van der Waals surface area contributed by atoms with Crippen molar-refractivity contribution >= 4 is 17.5 Å². The van der Waals surface area contributed by atoms with Gasteiger partial charge in [0.05, 0.1) is 6.61 Å². The van der Waals surface area contributed by atoms with Crippen molar-refractivity contribution in [3.05, 3.63) is 24.7 Å². The van der Waals surface area contributed by atoms with Gasteiger partial charge in [0.2, 0.25) is 5.88 Å². The van der Waals surface area contributed by atoms with E-state index in [0.29, 0.717) is 30.7 Å². The minimum atomic E-state index is -0.324. The quantitative estimate of drug-likeness (QED) is 0.892. The topological polar surface area (TPSA) is 85.2 Å². The summed E-state index contributed by atoms with van der Waals surface area (Å²) in [5.41, 5.74) is 0.